The molecule has 12 heavy (non-hydrogen) atoms. The highest BCUT2D eigenvalue weighted by molar-refractivity contribution is 5.34. The van der Waals surface area contributed by atoms with Gasteiger partial charge < -0.3 is 0 Å². The second kappa shape index (κ2) is 3.25. The van der Waals surface area contributed by atoms with Crippen molar-refractivity contribution in [2.24, 2.45) is 0 Å². The molecule has 0 bridgehead atoms. The Balaban J connectivity index is 3.04. The first-order chi connectivity index (χ1) is 5.61. The van der Waals surface area contributed by atoms with Crippen molar-refractivity contribution in [3.63, 3.8) is 0 Å². The summed E-state index contributed by atoms with van der Waals surface area (Å²) in [6.07, 6.45) is -2.66. The highest BCUT2D eigenvalue weighted by atomic mass is 19.2. The number of non-ortho nitro benzene ring substituents is 1. The summed E-state index contributed by atoms with van der Waals surface area (Å²) >= 11 is 0. The van der Waals surface area contributed by atoms with Crippen LogP contribution < -0.4 is 0 Å². The van der Waals surface area contributed by atoms with Crippen molar-refractivity contribution >= 4 is 5.69 Å². The normalized spacial score (nSPS) is 12.5. The minimum absolute atomic E-state index is 0.312. The number of alkyl halides is 2. The van der Waals surface area contributed by atoms with Gasteiger partial charge in [-0.25, -0.2) is 8.78 Å². The highest BCUT2D eigenvalue weighted by Gasteiger charge is 2.11. The van der Waals surface area contributed by atoms with Crippen LogP contribution in [0.3, 0.4) is 0 Å². The van der Waals surface area contributed by atoms with E-state index in [1.807, 2.05) is 0 Å². The minimum Gasteiger partial charge on any atom is -0.258 e. The number of halogens is 2. The van der Waals surface area contributed by atoms with Crippen LogP contribution in [0.1, 0.15) is 12.0 Å². The van der Waals surface area contributed by atoms with Gasteiger partial charge in [-0.3, -0.25) is 10.1 Å². The van der Waals surface area contributed by atoms with E-state index in [1.54, 1.807) is 0 Å². The lowest BCUT2D eigenvalue weighted by molar-refractivity contribution is -0.385. The lowest BCUT2D eigenvalue weighted by Crippen LogP contribution is -1.90. The van der Waals surface area contributed by atoms with E-state index >= 15 is 0 Å². The Hall–Kier alpha value is -1.52. The van der Waals surface area contributed by atoms with Gasteiger partial charge in [-0.2, -0.15) is 0 Å². The largest absolute Gasteiger partial charge is 0.269 e. The SMILES string of the molecule is O=[N+]([O-])c1cccc(C(F)[18F])c1. The maximum Gasteiger partial charge on any atom is 0.269 e. The van der Waals surface area contributed by atoms with E-state index in [-0.39, 0.29) is 11.3 Å². The zero-order chi connectivity index (χ0) is 9.14. The van der Waals surface area contributed by atoms with Crippen LogP contribution in [0.4, 0.5) is 14.5 Å². The first-order valence-electron chi connectivity index (χ1n) is 3.14. The fraction of sp³-hybridized carbons (Fsp3) is 0.143. The molecule has 0 fully saturated rings. The molecule has 1 unspecified atom stereocenters. The molecular weight excluding hydrogens is 167 g/mol. The van der Waals surface area contributed by atoms with E-state index in [0.717, 1.165) is 12.1 Å². The highest BCUT2D eigenvalue weighted by Crippen LogP contribution is 2.22. The first-order valence-corrected chi connectivity index (χ1v) is 3.14. The molecule has 0 saturated heterocycles. The van der Waals surface area contributed by atoms with E-state index in [1.165, 1.54) is 12.1 Å². The molecule has 0 spiro atoms. The van der Waals surface area contributed by atoms with Gasteiger partial charge in [0, 0.05) is 17.7 Å². The van der Waals surface area contributed by atoms with Crippen molar-refractivity contribution in [2.45, 2.75) is 6.43 Å². The monoisotopic (exact) mass is 172 g/mol. The van der Waals surface area contributed by atoms with Crippen molar-refractivity contribution in [3.8, 4) is 0 Å². The van der Waals surface area contributed by atoms with E-state index in [9.17, 15) is 18.9 Å². The van der Waals surface area contributed by atoms with Crippen LogP contribution in [-0.2, 0) is 0 Å². The molecule has 1 aromatic carbocycles. The van der Waals surface area contributed by atoms with Gasteiger partial charge in [-0.1, -0.05) is 12.1 Å². The van der Waals surface area contributed by atoms with Crippen LogP contribution in [0, 0.1) is 10.1 Å². The Labute approximate surface area is 66.8 Å². The quantitative estimate of drug-likeness (QED) is 0.508. The first kappa shape index (κ1) is 8.58. The van der Waals surface area contributed by atoms with Crippen LogP contribution in [0.25, 0.3) is 0 Å². The predicted molar refractivity (Wildman–Crippen MR) is 38.1 cm³/mol. The fourth-order valence-corrected chi connectivity index (χ4v) is 0.774. The predicted octanol–water partition coefficient (Wildman–Crippen LogP) is 2.53. The summed E-state index contributed by atoms with van der Waals surface area (Å²) in [6.45, 7) is 0. The lowest BCUT2D eigenvalue weighted by atomic mass is 10.2. The maximum atomic E-state index is 12.0. The molecule has 0 aromatic heterocycles. The van der Waals surface area contributed by atoms with Crippen LogP contribution >= 0.6 is 0 Å². The summed E-state index contributed by atoms with van der Waals surface area (Å²) in [5.74, 6) is 0. The summed E-state index contributed by atoms with van der Waals surface area (Å²) in [7, 11) is 0. The molecule has 3 nitrogen and oxygen atoms in total. The van der Waals surface area contributed by atoms with Gasteiger partial charge >= 0.3 is 0 Å². The summed E-state index contributed by atoms with van der Waals surface area (Å²) in [5, 5.41) is 10.1. The van der Waals surface area contributed by atoms with Gasteiger partial charge in [0.2, 0.25) is 0 Å². The molecule has 5 heteroatoms. The van der Waals surface area contributed by atoms with E-state index in [2.05, 4.69) is 0 Å². The minimum atomic E-state index is -2.66. The van der Waals surface area contributed by atoms with Crippen molar-refractivity contribution in [1.82, 2.24) is 0 Å². The standard InChI is InChI=1S/C7H5F2NO2/c8-7(9)5-2-1-3-6(4-5)10(11)12/h1-4,7H/i8-1. The molecule has 0 aliphatic rings. The van der Waals surface area contributed by atoms with Crippen molar-refractivity contribution in [2.75, 3.05) is 0 Å². The van der Waals surface area contributed by atoms with Gasteiger partial charge in [0.1, 0.15) is 0 Å². The number of hydrogen-bond acceptors (Lipinski definition) is 2. The molecule has 1 atom stereocenters. The number of rotatable bonds is 2. The summed E-state index contributed by atoms with van der Waals surface area (Å²) in [5.41, 5.74) is -0.642. The molecule has 1 aromatic rings. The summed E-state index contributed by atoms with van der Waals surface area (Å²) < 4.78 is 24.0. The van der Waals surface area contributed by atoms with Gasteiger partial charge in [-0.05, 0) is 0 Å². The zero-order valence-electron chi connectivity index (χ0n) is 5.91. The topological polar surface area (TPSA) is 43.1 Å². The van der Waals surface area contributed by atoms with Crippen LogP contribution in [-0.4, -0.2) is 4.92 Å². The molecule has 0 N–H and O–H groups in total. The van der Waals surface area contributed by atoms with Gasteiger partial charge in [0.05, 0.1) is 4.92 Å². The number of hydrogen-bond donors (Lipinski definition) is 0. The van der Waals surface area contributed by atoms with Crippen molar-refractivity contribution in [1.29, 1.82) is 0 Å². The number of nitro benzene ring substituents is 1. The number of benzene rings is 1. The average Bonchev–Trinajstić information content (AvgIpc) is 2.04. The summed E-state index contributed by atoms with van der Waals surface area (Å²) in [4.78, 5) is 9.43. The third kappa shape index (κ3) is 1.75. The molecule has 0 amide bonds. The Morgan fingerprint density at radius 1 is 1.42 bits per heavy atom. The Kier molecular flexibility index (Phi) is 2.32. The zero-order valence-corrected chi connectivity index (χ0v) is 5.91. The molecular formula is C7H5F2NO2. The second-order valence-electron chi connectivity index (χ2n) is 2.15. The van der Waals surface area contributed by atoms with Gasteiger partial charge in [-0.15, -0.1) is 0 Å². The van der Waals surface area contributed by atoms with E-state index in [0.29, 0.717) is 0 Å². The smallest absolute Gasteiger partial charge is 0.258 e. The third-order valence-electron chi connectivity index (χ3n) is 1.33. The molecule has 64 valence electrons. The Bertz CT molecular complexity index is 301. The maximum absolute atomic E-state index is 12.0. The second-order valence-corrected chi connectivity index (χ2v) is 2.15. The fourth-order valence-electron chi connectivity index (χ4n) is 0.774. The van der Waals surface area contributed by atoms with E-state index in [4.69, 9.17) is 0 Å². The van der Waals surface area contributed by atoms with Crippen LogP contribution in [0.2, 0.25) is 0 Å². The molecule has 0 heterocycles. The summed E-state index contributed by atoms with van der Waals surface area (Å²) in [6, 6.07) is 4.42. The lowest BCUT2D eigenvalue weighted by Gasteiger charge is -1.97. The van der Waals surface area contributed by atoms with Gasteiger partial charge in [0.25, 0.3) is 12.1 Å². The van der Waals surface area contributed by atoms with Gasteiger partial charge in [0.15, 0.2) is 0 Å². The Morgan fingerprint density at radius 2 is 2.08 bits per heavy atom. The van der Waals surface area contributed by atoms with Crippen molar-refractivity contribution in [3.05, 3.63) is 39.9 Å². The number of nitro groups is 1. The Morgan fingerprint density at radius 3 is 2.58 bits per heavy atom. The van der Waals surface area contributed by atoms with Crippen LogP contribution in [0.5, 0.6) is 0 Å². The number of nitrogens with zero attached hydrogens (tertiary/aromatic N) is 1. The molecule has 0 aliphatic carbocycles. The van der Waals surface area contributed by atoms with Crippen LogP contribution in [0.15, 0.2) is 24.3 Å². The molecule has 1 rings (SSSR count). The average molecular weight is 172 g/mol. The van der Waals surface area contributed by atoms with Crippen molar-refractivity contribution < 1.29 is 13.7 Å². The molecule has 0 radical (unpaired) electrons. The molecule has 0 aliphatic heterocycles. The van der Waals surface area contributed by atoms with E-state index < -0.39 is 11.3 Å². The molecule has 0 saturated carbocycles. The third-order valence-corrected chi connectivity index (χ3v) is 1.33.